The quantitative estimate of drug-likeness (QED) is 0.826. The Morgan fingerprint density at radius 2 is 1.96 bits per heavy atom. The number of aliphatic imine (C=N–C) groups is 1. The predicted molar refractivity (Wildman–Crippen MR) is 104 cm³/mol. The number of carbonyl (C=O) groups excluding carboxylic acids is 1. The monoisotopic (exact) mass is 354 g/mol. The van der Waals surface area contributed by atoms with Gasteiger partial charge in [-0.05, 0) is 42.7 Å². The zero-order valence-electron chi connectivity index (χ0n) is 14.6. The summed E-state index contributed by atoms with van der Waals surface area (Å²) in [5.41, 5.74) is 3.02. The van der Waals surface area contributed by atoms with E-state index in [1.54, 1.807) is 18.9 Å². The summed E-state index contributed by atoms with van der Waals surface area (Å²) in [6, 6.07) is 15.6. The van der Waals surface area contributed by atoms with Gasteiger partial charge in [0.2, 0.25) is 5.91 Å². The van der Waals surface area contributed by atoms with E-state index in [9.17, 15) is 4.79 Å². The number of amidine groups is 1. The van der Waals surface area contributed by atoms with Gasteiger partial charge in [0.25, 0.3) is 0 Å². The van der Waals surface area contributed by atoms with Crippen molar-refractivity contribution in [2.75, 3.05) is 19.4 Å². The van der Waals surface area contributed by atoms with Crippen LogP contribution in [0.1, 0.15) is 17.5 Å². The number of methoxy groups -OCH3 is 1. The van der Waals surface area contributed by atoms with Crippen molar-refractivity contribution >= 4 is 28.5 Å². The zero-order chi connectivity index (χ0) is 17.6. The van der Waals surface area contributed by atoms with Crippen molar-refractivity contribution in [1.82, 2.24) is 4.90 Å². The molecule has 0 atom stereocenters. The van der Waals surface area contributed by atoms with Gasteiger partial charge in [0.05, 0.1) is 19.2 Å². The number of amides is 1. The van der Waals surface area contributed by atoms with Crippen LogP contribution >= 0.6 is 11.8 Å². The maximum absolute atomic E-state index is 12.8. The Hall–Kier alpha value is -2.27. The molecule has 1 heterocycles. The third-order valence-electron chi connectivity index (χ3n) is 4.14. The Morgan fingerprint density at radius 3 is 2.68 bits per heavy atom. The number of carbonyl (C=O) groups is 1. The molecule has 1 saturated heterocycles. The fourth-order valence-electron chi connectivity index (χ4n) is 2.69. The lowest BCUT2D eigenvalue weighted by molar-refractivity contribution is -0.126. The van der Waals surface area contributed by atoms with Crippen molar-refractivity contribution in [3.8, 4) is 5.75 Å². The Balaban J connectivity index is 1.77. The van der Waals surface area contributed by atoms with E-state index in [1.807, 2.05) is 60.4 Å². The molecular weight excluding hydrogens is 332 g/mol. The standard InChI is InChI=1S/C20H22N2O2S/c1-15-6-3-4-7-18(15)21-20-22(12-5-13-25-20)19(23)14-16-8-10-17(24-2)11-9-16/h3-4,6-11H,5,12-14H2,1-2H3. The summed E-state index contributed by atoms with van der Waals surface area (Å²) < 4.78 is 5.17. The minimum Gasteiger partial charge on any atom is -0.497 e. The predicted octanol–water partition coefficient (Wildman–Crippen LogP) is 4.20. The molecule has 1 aliphatic rings. The molecule has 0 radical (unpaired) electrons. The smallest absolute Gasteiger partial charge is 0.232 e. The summed E-state index contributed by atoms with van der Waals surface area (Å²) in [4.78, 5) is 19.4. The summed E-state index contributed by atoms with van der Waals surface area (Å²) in [7, 11) is 1.64. The van der Waals surface area contributed by atoms with Gasteiger partial charge in [-0.2, -0.15) is 0 Å². The van der Waals surface area contributed by atoms with Crippen LogP contribution in [0.5, 0.6) is 5.75 Å². The van der Waals surface area contributed by atoms with E-state index in [0.717, 1.165) is 46.4 Å². The summed E-state index contributed by atoms with van der Waals surface area (Å²) >= 11 is 1.65. The molecule has 0 unspecified atom stereocenters. The highest BCUT2D eigenvalue weighted by atomic mass is 32.2. The van der Waals surface area contributed by atoms with Crippen LogP contribution < -0.4 is 4.74 Å². The molecule has 1 aliphatic heterocycles. The average molecular weight is 354 g/mol. The Bertz CT molecular complexity index is 772. The van der Waals surface area contributed by atoms with Crippen molar-refractivity contribution < 1.29 is 9.53 Å². The molecule has 130 valence electrons. The highest BCUT2D eigenvalue weighted by molar-refractivity contribution is 8.13. The number of benzene rings is 2. The molecule has 0 aromatic heterocycles. The molecule has 0 N–H and O–H groups in total. The van der Waals surface area contributed by atoms with Gasteiger partial charge < -0.3 is 4.74 Å². The van der Waals surface area contributed by atoms with Crippen molar-refractivity contribution in [2.45, 2.75) is 19.8 Å². The highest BCUT2D eigenvalue weighted by Gasteiger charge is 2.24. The lowest BCUT2D eigenvalue weighted by Crippen LogP contribution is -2.40. The molecule has 2 aromatic rings. The first kappa shape index (κ1) is 17.5. The minimum atomic E-state index is 0.0877. The average Bonchev–Trinajstić information content (AvgIpc) is 2.64. The van der Waals surface area contributed by atoms with E-state index in [1.165, 1.54) is 0 Å². The van der Waals surface area contributed by atoms with Gasteiger partial charge in [-0.3, -0.25) is 9.69 Å². The number of aryl methyl sites for hydroxylation is 1. The van der Waals surface area contributed by atoms with Gasteiger partial charge in [-0.1, -0.05) is 42.1 Å². The van der Waals surface area contributed by atoms with Crippen molar-refractivity contribution in [2.24, 2.45) is 4.99 Å². The number of rotatable bonds is 4. The van der Waals surface area contributed by atoms with Crippen LogP contribution in [0.2, 0.25) is 0 Å². The number of thioether (sulfide) groups is 1. The maximum Gasteiger partial charge on any atom is 0.232 e. The van der Waals surface area contributed by atoms with E-state index in [2.05, 4.69) is 0 Å². The summed E-state index contributed by atoms with van der Waals surface area (Å²) in [6.45, 7) is 2.77. The minimum absolute atomic E-state index is 0.0877. The molecule has 2 aromatic carbocycles. The van der Waals surface area contributed by atoms with E-state index in [0.29, 0.717) is 6.42 Å². The first-order valence-corrected chi connectivity index (χ1v) is 9.36. The maximum atomic E-state index is 12.8. The number of hydrogen-bond donors (Lipinski definition) is 0. The van der Waals surface area contributed by atoms with Crippen LogP contribution in [0.3, 0.4) is 0 Å². The van der Waals surface area contributed by atoms with Crippen LogP contribution in [0.15, 0.2) is 53.5 Å². The van der Waals surface area contributed by atoms with E-state index in [-0.39, 0.29) is 5.91 Å². The van der Waals surface area contributed by atoms with Crippen molar-refractivity contribution in [1.29, 1.82) is 0 Å². The van der Waals surface area contributed by atoms with Gasteiger partial charge in [0.1, 0.15) is 5.75 Å². The summed E-state index contributed by atoms with van der Waals surface area (Å²) in [5, 5.41) is 0.805. The van der Waals surface area contributed by atoms with Gasteiger partial charge in [0.15, 0.2) is 5.17 Å². The SMILES string of the molecule is COc1ccc(CC(=O)N2CCCSC2=Nc2ccccc2C)cc1. The molecule has 0 aliphatic carbocycles. The van der Waals surface area contributed by atoms with Crippen molar-refractivity contribution in [3.05, 3.63) is 59.7 Å². The first-order valence-electron chi connectivity index (χ1n) is 8.38. The molecule has 25 heavy (non-hydrogen) atoms. The fourth-order valence-corrected chi connectivity index (χ4v) is 3.66. The topological polar surface area (TPSA) is 41.9 Å². The number of ether oxygens (including phenoxy) is 1. The third kappa shape index (κ3) is 4.42. The summed E-state index contributed by atoms with van der Waals surface area (Å²) in [6.07, 6.45) is 1.36. The van der Waals surface area contributed by atoms with Crippen molar-refractivity contribution in [3.63, 3.8) is 0 Å². The fraction of sp³-hybridized carbons (Fsp3) is 0.300. The Labute approximate surface area is 152 Å². The van der Waals surface area contributed by atoms with Crippen LogP contribution in [-0.2, 0) is 11.2 Å². The van der Waals surface area contributed by atoms with Gasteiger partial charge in [-0.25, -0.2) is 4.99 Å². The second kappa shape index (κ2) is 8.21. The molecular formula is C20H22N2O2S. The van der Waals surface area contributed by atoms with Crippen LogP contribution in [0.25, 0.3) is 0 Å². The number of nitrogens with zero attached hydrogens (tertiary/aromatic N) is 2. The number of para-hydroxylation sites is 1. The molecule has 0 bridgehead atoms. The molecule has 4 nitrogen and oxygen atoms in total. The molecule has 1 fully saturated rings. The molecule has 5 heteroatoms. The lowest BCUT2D eigenvalue weighted by atomic mass is 10.1. The van der Waals surface area contributed by atoms with E-state index < -0.39 is 0 Å². The van der Waals surface area contributed by atoms with Gasteiger partial charge in [-0.15, -0.1) is 0 Å². The normalized spacial score (nSPS) is 16.1. The second-order valence-corrected chi connectivity index (χ2v) is 7.02. The third-order valence-corrected chi connectivity index (χ3v) is 5.20. The van der Waals surface area contributed by atoms with Gasteiger partial charge >= 0.3 is 0 Å². The molecule has 0 saturated carbocycles. The molecule has 1 amide bonds. The van der Waals surface area contributed by atoms with Crippen LogP contribution in [-0.4, -0.2) is 35.4 Å². The van der Waals surface area contributed by atoms with Gasteiger partial charge in [0, 0.05) is 12.3 Å². The highest BCUT2D eigenvalue weighted by Crippen LogP contribution is 2.25. The number of hydrogen-bond acceptors (Lipinski definition) is 4. The first-order chi connectivity index (χ1) is 12.2. The zero-order valence-corrected chi connectivity index (χ0v) is 15.4. The van der Waals surface area contributed by atoms with Crippen LogP contribution in [0, 0.1) is 6.92 Å². The van der Waals surface area contributed by atoms with E-state index >= 15 is 0 Å². The Kier molecular flexibility index (Phi) is 5.76. The van der Waals surface area contributed by atoms with Crippen LogP contribution in [0.4, 0.5) is 5.69 Å². The largest absolute Gasteiger partial charge is 0.497 e. The summed E-state index contributed by atoms with van der Waals surface area (Å²) in [5.74, 6) is 1.88. The molecule has 0 spiro atoms. The Morgan fingerprint density at radius 1 is 1.20 bits per heavy atom. The lowest BCUT2D eigenvalue weighted by Gasteiger charge is -2.28. The molecule has 3 rings (SSSR count). The second-order valence-electron chi connectivity index (χ2n) is 5.95. The van der Waals surface area contributed by atoms with E-state index in [4.69, 9.17) is 9.73 Å².